The summed E-state index contributed by atoms with van der Waals surface area (Å²) in [7, 11) is 0. The van der Waals surface area contributed by atoms with Gasteiger partial charge in [0, 0.05) is 5.69 Å². The van der Waals surface area contributed by atoms with Crippen LogP contribution in [0.1, 0.15) is 30.7 Å². The number of carbonyl (C=O) groups excluding carboxylic acids is 1. The van der Waals surface area contributed by atoms with Gasteiger partial charge in [0.05, 0.1) is 5.92 Å². The van der Waals surface area contributed by atoms with Crippen LogP contribution in [0.25, 0.3) is 0 Å². The van der Waals surface area contributed by atoms with E-state index in [-0.39, 0.29) is 17.6 Å². The summed E-state index contributed by atoms with van der Waals surface area (Å²) in [5.74, 6) is 0.0857. The Morgan fingerprint density at radius 1 is 1.39 bits per heavy atom. The fraction of sp³-hybridized carbons (Fsp3) is 0.500. The highest BCUT2D eigenvalue weighted by Gasteiger charge is 2.33. The van der Waals surface area contributed by atoms with Crippen molar-refractivity contribution in [3.63, 3.8) is 0 Å². The molecule has 0 spiro atoms. The van der Waals surface area contributed by atoms with Crippen molar-refractivity contribution in [1.82, 2.24) is 5.32 Å². The molecular weight excluding hydrogens is 231 g/mol. The number of carbonyl (C=O) groups is 1. The van der Waals surface area contributed by atoms with E-state index in [4.69, 9.17) is 0 Å². The molecule has 2 atom stereocenters. The van der Waals surface area contributed by atoms with Gasteiger partial charge in [0.2, 0.25) is 5.91 Å². The van der Waals surface area contributed by atoms with Crippen LogP contribution in [0.3, 0.4) is 0 Å². The quantitative estimate of drug-likeness (QED) is 0.843. The third-order valence-electron chi connectivity index (χ3n) is 3.93. The Morgan fingerprint density at radius 2 is 2.28 bits per heavy atom. The molecule has 0 aliphatic carbocycles. The van der Waals surface area contributed by atoms with E-state index in [0.29, 0.717) is 5.92 Å². The number of halogens is 1. The number of rotatable bonds is 2. The molecule has 1 aromatic rings. The number of anilines is 1. The lowest BCUT2D eigenvalue weighted by atomic mass is 9.86. The van der Waals surface area contributed by atoms with Crippen molar-refractivity contribution >= 4 is 11.6 Å². The molecule has 2 aliphatic rings. The Balaban J connectivity index is 1.80. The zero-order chi connectivity index (χ0) is 12.5. The van der Waals surface area contributed by atoms with Gasteiger partial charge in [-0.2, -0.15) is 0 Å². The van der Waals surface area contributed by atoms with Crippen molar-refractivity contribution in [3.05, 3.63) is 29.6 Å². The van der Waals surface area contributed by atoms with Gasteiger partial charge in [-0.3, -0.25) is 4.79 Å². The molecular formula is C14H17FN2O. The first-order valence-electron chi connectivity index (χ1n) is 6.55. The molecule has 0 aromatic heterocycles. The van der Waals surface area contributed by atoms with Gasteiger partial charge >= 0.3 is 0 Å². The van der Waals surface area contributed by atoms with E-state index in [0.717, 1.165) is 43.6 Å². The molecule has 1 aromatic carbocycles. The number of benzene rings is 1. The van der Waals surface area contributed by atoms with E-state index in [1.807, 2.05) is 0 Å². The topological polar surface area (TPSA) is 41.1 Å². The standard InChI is InChI=1S/C14H17FN2O/c15-10-3-4-13-11(7-10)12(14(18)17-13)6-9-2-1-5-16-8-9/h3-4,7,9,12,16H,1-2,5-6,8H2,(H,17,18). The first kappa shape index (κ1) is 11.7. The molecule has 2 aliphatic heterocycles. The summed E-state index contributed by atoms with van der Waals surface area (Å²) >= 11 is 0. The average molecular weight is 248 g/mol. The summed E-state index contributed by atoms with van der Waals surface area (Å²) in [6.07, 6.45) is 3.13. The van der Waals surface area contributed by atoms with Crippen LogP contribution >= 0.6 is 0 Å². The predicted molar refractivity (Wildman–Crippen MR) is 68.0 cm³/mol. The minimum atomic E-state index is -0.267. The highest BCUT2D eigenvalue weighted by Crippen LogP contribution is 2.37. The molecule has 1 amide bonds. The summed E-state index contributed by atoms with van der Waals surface area (Å²) in [5, 5.41) is 6.19. The fourth-order valence-corrected chi connectivity index (χ4v) is 2.99. The lowest BCUT2D eigenvalue weighted by molar-refractivity contribution is -0.117. The van der Waals surface area contributed by atoms with Gasteiger partial charge in [-0.15, -0.1) is 0 Å². The lowest BCUT2D eigenvalue weighted by Crippen LogP contribution is -2.31. The Hall–Kier alpha value is -1.42. The number of nitrogens with one attached hydrogen (secondary N) is 2. The van der Waals surface area contributed by atoms with Gasteiger partial charge in [-0.25, -0.2) is 4.39 Å². The molecule has 2 unspecified atom stereocenters. The first-order valence-corrected chi connectivity index (χ1v) is 6.55. The third-order valence-corrected chi connectivity index (χ3v) is 3.93. The number of hydrogen-bond donors (Lipinski definition) is 2. The highest BCUT2D eigenvalue weighted by atomic mass is 19.1. The zero-order valence-corrected chi connectivity index (χ0v) is 10.2. The molecule has 0 bridgehead atoms. The first-order chi connectivity index (χ1) is 8.74. The fourth-order valence-electron chi connectivity index (χ4n) is 2.99. The van der Waals surface area contributed by atoms with Crippen LogP contribution in [0.4, 0.5) is 10.1 Å². The number of hydrogen-bond acceptors (Lipinski definition) is 2. The molecule has 1 saturated heterocycles. The molecule has 3 nitrogen and oxygen atoms in total. The molecule has 18 heavy (non-hydrogen) atoms. The van der Waals surface area contributed by atoms with Gasteiger partial charge in [0.1, 0.15) is 5.82 Å². The van der Waals surface area contributed by atoms with Crippen LogP contribution < -0.4 is 10.6 Å². The molecule has 96 valence electrons. The van der Waals surface area contributed by atoms with Crippen LogP contribution in [0, 0.1) is 11.7 Å². The van der Waals surface area contributed by atoms with E-state index in [9.17, 15) is 9.18 Å². The Kier molecular flexibility index (Phi) is 3.04. The summed E-state index contributed by atoms with van der Waals surface area (Å²) in [6.45, 7) is 2.03. The smallest absolute Gasteiger partial charge is 0.232 e. The summed E-state index contributed by atoms with van der Waals surface area (Å²) < 4.78 is 13.3. The maximum Gasteiger partial charge on any atom is 0.232 e. The van der Waals surface area contributed by atoms with Crippen molar-refractivity contribution in [2.24, 2.45) is 5.92 Å². The predicted octanol–water partition coefficient (Wildman–Crippen LogP) is 2.25. The molecule has 3 rings (SSSR count). The highest BCUT2D eigenvalue weighted by molar-refractivity contribution is 6.02. The van der Waals surface area contributed by atoms with E-state index in [2.05, 4.69) is 10.6 Å². The minimum absolute atomic E-state index is 0.0150. The van der Waals surface area contributed by atoms with Gasteiger partial charge < -0.3 is 10.6 Å². The second-order valence-electron chi connectivity index (χ2n) is 5.22. The number of piperidine rings is 1. The van der Waals surface area contributed by atoms with Gasteiger partial charge in [0.15, 0.2) is 0 Å². The van der Waals surface area contributed by atoms with Gasteiger partial charge in [0.25, 0.3) is 0 Å². The summed E-state index contributed by atoms with van der Waals surface area (Å²) in [6, 6.07) is 4.54. The largest absolute Gasteiger partial charge is 0.325 e. The van der Waals surface area contributed by atoms with Gasteiger partial charge in [-0.05, 0) is 62.0 Å². The molecule has 4 heteroatoms. The van der Waals surface area contributed by atoms with E-state index < -0.39 is 0 Å². The maximum atomic E-state index is 13.3. The van der Waals surface area contributed by atoms with Crippen molar-refractivity contribution in [1.29, 1.82) is 0 Å². The maximum absolute atomic E-state index is 13.3. The normalized spacial score (nSPS) is 26.8. The number of amides is 1. The molecule has 2 N–H and O–H groups in total. The average Bonchev–Trinajstić information content (AvgIpc) is 2.67. The molecule has 2 heterocycles. The monoisotopic (exact) mass is 248 g/mol. The lowest BCUT2D eigenvalue weighted by Gasteiger charge is -2.24. The van der Waals surface area contributed by atoms with Crippen LogP contribution in [0.15, 0.2) is 18.2 Å². The Labute approximate surface area is 106 Å². The number of fused-ring (bicyclic) bond motifs is 1. The second-order valence-corrected chi connectivity index (χ2v) is 5.22. The Bertz CT molecular complexity index is 469. The summed E-state index contributed by atoms with van der Waals surface area (Å²) in [5.41, 5.74) is 1.60. The van der Waals surface area contributed by atoms with Crippen molar-refractivity contribution < 1.29 is 9.18 Å². The summed E-state index contributed by atoms with van der Waals surface area (Å²) in [4.78, 5) is 12.0. The van der Waals surface area contributed by atoms with E-state index in [1.54, 1.807) is 6.07 Å². The van der Waals surface area contributed by atoms with Crippen LogP contribution in [-0.4, -0.2) is 19.0 Å². The minimum Gasteiger partial charge on any atom is -0.325 e. The van der Waals surface area contributed by atoms with E-state index >= 15 is 0 Å². The van der Waals surface area contributed by atoms with Crippen molar-refractivity contribution in [2.45, 2.75) is 25.2 Å². The Morgan fingerprint density at radius 3 is 3.06 bits per heavy atom. The third kappa shape index (κ3) is 2.12. The molecule has 0 radical (unpaired) electrons. The van der Waals surface area contributed by atoms with Crippen molar-refractivity contribution in [3.8, 4) is 0 Å². The zero-order valence-electron chi connectivity index (χ0n) is 10.2. The second kappa shape index (κ2) is 4.69. The van der Waals surface area contributed by atoms with E-state index in [1.165, 1.54) is 12.1 Å². The van der Waals surface area contributed by atoms with Crippen LogP contribution in [0.5, 0.6) is 0 Å². The SMILES string of the molecule is O=C1Nc2ccc(F)cc2C1CC1CCCNC1. The molecule has 0 saturated carbocycles. The van der Waals surface area contributed by atoms with Crippen molar-refractivity contribution in [2.75, 3.05) is 18.4 Å². The van der Waals surface area contributed by atoms with Crippen LogP contribution in [0.2, 0.25) is 0 Å². The molecule has 1 fully saturated rings. The van der Waals surface area contributed by atoms with Crippen LogP contribution in [-0.2, 0) is 4.79 Å². The van der Waals surface area contributed by atoms with Gasteiger partial charge in [-0.1, -0.05) is 0 Å².